The zero-order valence-electron chi connectivity index (χ0n) is 12.9. The number of nitrogens with zero attached hydrogens (tertiary/aromatic N) is 3. The number of rotatable bonds is 4. The van der Waals surface area contributed by atoms with Crippen LogP contribution in [-0.2, 0) is 0 Å². The Hall–Kier alpha value is -3.74. The lowest BCUT2D eigenvalue weighted by Crippen LogP contribution is -2.11. The van der Waals surface area contributed by atoms with Gasteiger partial charge in [-0.05, 0) is 36.4 Å². The fraction of sp³-hybridized carbons (Fsp3) is 0. The molecule has 25 heavy (non-hydrogen) atoms. The molecule has 122 valence electrons. The first-order valence-electron chi connectivity index (χ1n) is 7.49. The summed E-state index contributed by atoms with van der Waals surface area (Å²) in [5, 5.41) is 6.78. The standard InChI is InChI=1S/C18H12N4O3/c23-17(15-6-3-11-24-15)20-14-5-2-1-4-13(14)18-21-16(22-25-18)12-7-9-19-10-8-12/h1-11H,(H,20,23). The number of anilines is 1. The van der Waals surface area contributed by atoms with Crippen LogP contribution in [0.15, 0.2) is 76.1 Å². The van der Waals surface area contributed by atoms with Crippen molar-refractivity contribution in [1.29, 1.82) is 0 Å². The zero-order chi connectivity index (χ0) is 17.1. The summed E-state index contributed by atoms with van der Waals surface area (Å²) < 4.78 is 10.5. The van der Waals surface area contributed by atoms with Gasteiger partial charge in [-0.15, -0.1) is 0 Å². The highest BCUT2D eigenvalue weighted by molar-refractivity contribution is 6.04. The van der Waals surface area contributed by atoms with E-state index in [4.69, 9.17) is 8.94 Å². The van der Waals surface area contributed by atoms with E-state index in [1.807, 2.05) is 6.07 Å². The molecule has 7 nitrogen and oxygen atoms in total. The lowest BCUT2D eigenvalue weighted by molar-refractivity contribution is 0.0996. The van der Waals surface area contributed by atoms with E-state index < -0.39 is 0 Å². The van der Waals surface area contributed by atoms with Crippen LogP contribution >= 0.6 is 0 Å². The van der Waals surface area contributed by atoms with Crippen LogP contribution in [0.3, 0.4) is 0 Å². The molecule has 0 fully saturated rings. The molecule has 1 amide bonds. The van der Waals surface area contributed by atoms with Gasteiger partial charge >= 0.3 is 0 Å². The summed E-state index contributed by atoms with van der Waals surface area (Å²) in [5.41, 5.74) is 1.96. The molecule has 0 atom stereocenters. The lowest BCUT2D eigenvalue weighted by Gasteiger charge is -2.06. The van der Waals surface area contributed by atoms with Gasteiger partial charge in [0.15, 0.2) is 5.76 Å². The number of para-hydroxylation sites is 1. The number of pyridine rings is 1. The molecular weight excluding hydrogens is 320 g/mol. The smallest absolute Gasteiger partial charge is 0.291 e. The molecule has 0 bridgehead atoms. The molecule has 4 aromatic rings. The van der Waals surface area contributed by atoms with Crippen molar-refractivity contribution in [3.63, 3.8) is 0 Å². The van der Waals surface area contributed by atoms with Crippen molar-refractivity contribution in [2.45, 2.75) is 0 Å². The highest BCUT2D eigenvalue weighted by Crippen LogP contribution is 2.28. The Morgan fingerprint density at radius 1 is 1.00 bits per heavy atom. The maximum atomic E-state index is 12.2. The van der Waals surface area contributed by atoms with Crippen LogP contribution in [0.5, 0.6) is 0 Å². The fourth-order valence-electron chi connectivity index (χ4n) is 2.32. The van der Waals surface area contributed by atoms with Gasteiger partial charge in [-0.1, -0.05) is 17.3 Å². The molecule has 0 aliphatic heterocycles. The maximum absolute atomic E-state index is 12.2. The Morgan fingerprint density at radius 2 is 1.84 bits per heavy atom. The average Bonchev–Trinajstić information content (AvgIpc) is 3.35. The van der Waals surface area contributed by atoms with Crippen molar-refractivity contribution in [2.24, 2.45) is 0 Å². The van der Waals surface area contributed by atoms with Gasteiger partial charge in [-0.25, -0.2) is 0 Å². The summed E-state index contributed by atoms with van der Waals surface area (Å²) in [6.45, 7) is 0. The Balaban J connectivity index is 1.65. The Bertz CT molecular complexity index is 994. The zero-order valence-corrected chi connectivity index (χ0v) is 12.9. The van der Waals surface area contributed by atoms with E-state index in [0.717, 1.165) is 5.56 Å². The summed E-state index contributed by atoms with van der Waals surface area (Å²) >= 11 is 0. The van der Waals surface area contributed by atoms with Crippen LogP contribution in [0.2, 0.25) is 0 Å². The highest BCUT2D eigenvalue weighted by Gasteiger charge is 2.16. The molecule has 0 radical (unpaired) electrons. The van der Waals surface area contributed by atoms with E-state index in [1.54, 1.807) is 54.9 Å². The molecule has 1 N–H and O–H groups in total. The third-order valence-corrected chi connectivity index (χ3v) is 3.52. The number of carbonyl (C=O) groups excluding carboxylic acids is 1. The summed E-state index contributed by atoms with van der Waals surface area (Å²) in [6.07, 6.45) is 4.76. The third-order valence-electron chi connectivity index (χ3n) is 3.52. The summed E-state index contributed by atoms with van der Waals surface area (Å²) in [7, 11) is 0. The van der Waals surface area contributed by atoms with E-state index in [-0.39, 0.29) is 11.7 Å². The molecular formula is C18H12N4O3. The van der Waals surface area contributed by atoms with E-state index in [1.165, 1.54) is 6.26 Å². The molecule has 0 spiro atoms. The van der Waals surface area contributed by atoms with Gasteiger partial charge in [-0.3, -0.25) is 9.78 Å². The quantitative estimate of drug-likeness (QED) is 0.613. The number of benzene rings is 1. The molecule has 4 rings (SSSR count). The largest absolute Gasteiger partial charge is 0.459 e. The van der Waals surface area contributed by atoms with Crippen LogP contribution in [0, 0.1) is 0 Å². The van der Waals surface area contributed by atoms with Crippen molar-refractivity contribution < 1.29 is 13.7 Å². The van der Waals surface area contributed by atoms with Crippen molar-refractivity contribution in [3.05, 3.63) is 72.9 Å². The summed E-state index contributed by atoms with van der Waals surface area (Å²) in [4.78, 5) is 20.6. The molecule has 0 saturated carbocycles. The van der Waals surface area contributed by atoms with Gasteiger partial charge < -0.3 is 14.3 Å². The molecule has 3 heterocycles. The lowest BCUT2D eigenvalue weighted by atomic mass is 10.1. The number of amides is 1. The first-order valence-corrected chi connectivity index (χ1v) is 7.49. The normalized spacial score (nSPS) is 10.6. The Kier molecular flexibility index (Phi) is 3.80. The Morgan fingerprint density at radius 3 is 2.64 bits per heavy atom. The van der Waals surface area contributed by atoms with Crippen LogP contribution in [0.1, 0.15) is 10.6 Å². The van der Waals surface area contributed by atoms with Crippen molar-refractivity contribution in [1.82, 2.24) is 15.1 Å². The molecule has 3 aromatic heterocycles. The van der Waals surface area contributed by atoms with Gasteiger partial charge in [-0.2, -0.15) is 4.98 Å². The molecule has 0 aliphatic carbocycles. The van der Waals surface area contributed by atoms with E-state index >= 15 is 0 Å². The van der Waals surface area contributed by atoms with Crippen molar-refractivity contribution in [2.75, 3.05) is 5.32 Å². The third kappa shape index (κ3) is 3.02. The van der Waals surface area contributed by atoms with Gasteiger partial charge in [0.25, 0.3) is 11.8 Å². The van der Waals surface area contributed by atoms with Crippen molar-refractivity contribution in [3.8, 4) is 22.8 Å². The second-order valence-corrected chi connectivity index (χ2v) is 5.14. The monoisotopic (exact) mass is 332 g/mol. The van der Waals surface area contributed by atoms with E-state index in [2.05, 4.69) is 20.4 Å². The van der Waals surface area contributed by atoms with Gasteiger partial charge in [0, 0.05) is 18.0 Å². The van der Waals surface area contributed by atoms with E-state index in [9.17, 15) is 4.79 Å². The van der Waals surface area contributed by atoms with E-state index in [0.29, 0.717) is 23.0 Å². The minimum absolute atomic E-state index is 0.220. The van der Waals surface area contributed by atoms with Crippen LogP contribution in [0.4, 0.5) is 5.69 Å². The topological polar surface area (TPSA) is 94.1 Å². The molecule has 0 saturated heterocycles. The van der Waals surface area contributed by atoms with Crippen LogP contribution in [0.25, 0.3) is 22.8 Å². The predicted octanol–water partition coefficient (Wildman–Crippen LogP) is 3.64. The Labute approximate surface area is 142 Å². The molecule has 0 aliphatic rings. The molecule has 0 unspecified atom stereocenters. The first kappa shape index (κ1) is 14.8. The maximum Gasteiger partial charge on any atom is 0.291 e. The predicted molar refractivity (Wildman–Crippen MR) is 89.6 cm³/mol. The van der Waals surface area contributed by atoms with Crippen LogP contribution < -0.4 is 5.32 Å². The summed E-state index contributed by atoms with van der Waals surface area (Å²) in [5.74, 6) is 0.621. The minimum atomic E-state index is -0.355. The second-order valence-electron chi connectivity index (χ2n) is 5.14. The molecule has 7 heteroatoms. The number of furan rings is 1. The number of hydrogen-bond donors (Lipinski definition) is 1. The number of carbonyl (C=O) groups is 1. The molecule has 1 aromatic carbocycles. The van der Waals surface area contributed by atoms with Crippen molar-refractivity contribution >= 4 is 11.6 Å². The minimum Gasteiger partial charge on any atom is -0.459 e. The van der Waals surface area contributed by atoms with Crippen LogP contribution in [-0.4, -0.2) is 21.0 Å². The van der Waals surface area contributed by atoms with Gasteiger partial charge in [0.1, 0.15) is 0 Å². The summed E-state index contributed by atoms with van der Waals surface area (Å²) in [6, 6.07) is 14.0. The fourth-order valence-corrected chi connectivity index (χ4v) is 2.32. The number of hydrogen-bond acceptors (Lipinski definition) is 6. The SMILES string of the molecule is O=C(Nc1ccccc1-c1nc(-c2ccncc2)no1)c1ccco1. The number of aromatic nitrogens is 3. The van der Waals surface area contributed by atoms with Gasteiger partial charge in [0.2, 0.25) is 5.82 Å². The first-order chi connectivity index (χ1) is 12.3. The van der Waals surface area contributed by atoms with Gasteiger partial charge in [0.05, 0.1) is 17.5 Å². The highest BCUT2D eigenvalue weighted by atomic mass is 16.5. The second kappa shape index (κ2) is 6.40. The average molecular weight is 332 g/mol. The number of nitrogens with one attached hydrogen (secondary N) is 1.